The second kappa shape index (κ2) is 4.66. The number of furan rings is 1. The molecule has 2 nitrogen and oxygen atoms in total. The van der Waals surface area contributed by atoms with Crippen molar-refractivity contribution in [1.29, 1.82) is 0 Å². The van der Waals surface area contributed by atoms with Gasteiger partial charge in [0, 0.05) is 24.0 Å². The van der Waals surface area contributed by atoms with E-state index in [1.165, 1.54) is 12.3 Å². The summed E-state index contributed by atoms with van der Waals surface area (Å²) in [5, 5.41) is 3.68. The van der Waals surface area contributed by atoms with E-state index in [-0.39, 0.29) is 5.92 Å². The van der Waals surface area contributed by atoms with Gasteiger partial charge in [0.25, 0.3) is 0 Å². The van der Waals surface area contributed by atoms with Crippen molar-refractivity contribution in [3.05, 3.63) is 41.7 Å². The van der Waals surface area contributed by atoms with Crippen molar-refractivity contribution in [2.75, 3.05) is 13.1 Å². The first-order valence-corrected chi connectivity index (χ1v) is 6.46. The Hall–Kier alpha value is -1.75. The van der Waals surface area contributed by atoms with Crippen LogP contribution in [0.5, 0.6) is 0 Å². The molecule has 1 N–H and O–H groups in total. The summed E-state index contributed by atoms with van der Waals surface area (Å²) >= 11 is 0. The Morgan fingerprint density at radius 1 is 1.30 bits per heavy atom. The molecule has 1 aliphatic rings. The van der Waals surface area contributed by atoms with Crippen LogP contribution in [0.4, 0.5) is 13.2 Å². The van der Waals surface area contributed by atoms with Gasteiger partial charge in [-0.05, 0) is 29.7 Å². The Balaban J connectivity index is 2.23. The molecule has 0 radical (unpaired) electrons. The van der Waals surface area contributed by atoms with Crippen LogP contribution in [0.15, 0.2) is 35.0 Å². The molecule has 0 amide bonds. The standard InChI is InChI=1S/C15H14F3NO/c1-9-8-19-4-2-12(9)13-7-11(15(16,17)18)6-10-3-5-20-14(10)13/h2-3,5-7,9,19H,4,8H2,1H3. The lowest BCUT2D eigenvalue weighted by Crippen LogP contribution is -2.27. The van der Waals surface area contributed by atoms with Gasteiger partial charge in [-0.2, -0.15) is 13.2 Å². The molecule has 1 aliphatic heterocycles. The molecule has 1 atom stereocenters. The largest absolute Gasteiger partial charge is 0.464 e. The van der Waals surface area contributed by atoms with E-state index in [0.29, 0.717) is 23.1 Å². The second-order valence-corrected chi connectivity index (χ2v) is 5.08. The molecule has 0 spiro atoms. The Labute approximate surface area is 114 Å². The fourth-order valence-electron chi connectivity index (χ4n) is 2.63. The molecule has 1 unspecified atom stereocenters. The van der Waals surface area contributed by atoms with Crippen LogP contribution in [0.3, 0.4) is 0 Å². The predicted molar refractivity (Wildman–Crippen MR) is 71.2 cm³/mol. The molecule has 2 heterocycles. The zero-order valence-corrected chi connectivity index (χ0v) is 10.9. The van der Waals surface area contributed by atoms with Crippen LogP contribution < -0.4 is 5.32 Å². The number of rotatable bonds is 1. The summed E-state index contributed by atoms with van der Waals surface area (Å²) in [6.45, 7) is 3.41. The van der Waals surface area contributed by atoms with Crippen LogP contribution >= 0.6 is 0 Å². The monoisotopic (exact) mass is 281 g/mol. The predicted octanol–water partition coefficient (Wildman–Crippen LogP) is 4.07. The van der Waals surface area contributed by atoms with Gasteiger partial charge < -0.3 is 9.73 Å². The Bertz CT molecular complexity index is 669. The highest BCUT2D eigenvalue weighted by Crippen LogP contribution is 2.38. The minimum absolute atomic E-state index is 0.153. The second-order valence-electron chi connectivity index (χ2n) is 5.08. The molecule has 0 saturated heterocycles. The van der Waals surface area contributed by atoms with Gasteiger partial charge in [-0.25, -0.2) is 0 Å². The highest BCUT2D eigenvalue weighted by Gasteiger charge is 2.32. The number of halogens is 3. The molecule has 106 valence electrons. The van der Waals surface area contributed by atoms with Crippen molar-refractivity contribution in [3.63, 3.8) is 0 Å². The molecule has 2 aromatic rings. The normalized spacial score (nSPS) is 20.2. The Morgan fingerprint density at radius 2 is 2.10 bits per heavy atom. The highest BCUT2D eigenvalue weighted by atomic mass is 19.4. The van der Waals surface area contributed by atoms with Crippen LogP contribution in [-0.2, 0) is 6.18 Å². The van der Waals surface area contributed by atoms with Crippen molar-refractivity contribution in [2.45, 2.75) is 13.1 Å². The molecule has 0 fully saturated rings. The fraction of sp³-hybridized carbons (Fsp3) is 0.333. The number of benzene rings is 1. The summed E-state index contributed by atoms with van der Waals surface area (Å²) in [7, 11) is 0. The van der Waals surface area contributed by atoms with E-state index in [2.05, 4.69) is 5.32 Å². The van der Waals surface area contributed by atoms with E-state index in [1.54, 1.807) is 6.07 Å². The first kappa shape index (κ1) is 13.2. The third kappa shape index (κ3) is 2.22. The van der Waals surface area contributed by atoms with Gasteiger partial charge in [0.1, 0.15) is 5.58 Å². The van der Waals surface area contributed by atoms with Crippen LogP contribution in [0.1, 0.15) is 18.1 Å². The summed E-state index contributed by atoms with van der Waals surface area (Å²) in [6.07, 6.45) is -0.983. The lowest BCUT2D eigenvalue weighted by Gasteiger charge is -2.22. The van der Waals surface area contributed by atoms with Gasteiger partial charge >= 0.3 is 6.18 Å². The Morgan fingerprint density at radius 3 is 2.80 bits per heavy atom. The lowest BCUT2D eigenvalue weighted by molar-refractivity contribution is -0.137. The Kier molecular flexibility index (Phi) is 3.09. The van der Waals surface area contributed by atoms with Gasteiger partial charge in [0.15, 0.2) is 0 Å². The average molecular weight is 281 g/mol. The molecule has 1 aromatic carbocycles. The van der Waals surface area contributed by atoms with Crippen LogP contribution in [0.25, 0.3) is 16.5 Å². The van der Waals surface area contributed by atoms with Crippen molar-refractivity contribution in [1.82, 2.24) is 5.32 Å². The quantitative estimate of drug-likeness (QED) is 0.852. The first-order chi connectivity index (χ1) is 9.47. The van der Waals surface area contributed by atoms with Crippen molar-refractivity contribution in [3.8, 4) is 0 Å². The molecular weight excluding hydrogens is 267 g/mol. The SMILES string of the molecule is CC1CNCC=C1c1cc(C(F)(F)F)cc2ccoc12. The topological polar surface area (TPSA) is 25.2 Å². The highest BCUT2D eigenvalue weighted by molar-refractivity contribution is 5.91. The van der Waals surface area contributed by atoms with Gasteiger partial charge in [0.05, 0.1) is 11.8 Å². The molecule has 20 heavy (non-hydrogen) atoms. The summed E-state index contributed by atoms with van der Waals surface area (Å²) in [5.41, 5.74) is 1.36. The molecule has 5 heteroatoms. The van der Waals surface area contributed by atoms with E-state index in [9.17, 15) is 13.2 Å². The summed E-state index contributed by atoms with van der Waals surface area (Å²) in [6, 6.07) is 3.90. The zero-order valence-electron chi connectivity index (χ0n) is 10.9. The van der Waals surface area contributed by atoms with E-state index in [4.69, 9.17) is 4.42 Å². The van der Waals surface area contributed by atoms with E-state index < -0.39 is 11.7 Å². The van der Waals surface area contributed by atoms with Crippen LogP contribution in [0.2, 0.25) is 0 Å². The fourth-order valence-corrected chi connectivity index (χ4v) is 2.63. The molecule has 1 aromatic heterocycles. The maximum absolute atomic E-state index is 13.0. The van der Waals surface area contributed by atoms with E-state index >= 15 is 0 Å². The number of nitrogens with one attached hydrogen (secondary N) is 1. The smallest absolute Gasteiger partial charge is 0.416 e. The zero-order chi connectivity index (χ0) is 14.3. The van der Waals surface area contributed by atoms with Gasteiger partial charge in [0.2, 0.25) is 0 Å². The van der Waals surface area contributed by atoms with Gasteiger partial charge in [-0.1, -0.05) is 13.0 Å². The number of fused-ring (bicyclic) bond motifs is 1. The summed E-state index contributed by atoms with van der Waals surface area (Å²) in [4.78, 5) is 0. The number of hydrogen-bond acceptors (Lipinski definition) is 2. The number of alkyl halides is 3. The molecule has 0 bridgehead atoms. The summed E-state index contributed by atoms with van der Waals surface area (Å²) in [5.74, 6) is 0.153. The minimum Gasteiger partial charge on any atom is -0.464 e. The minimum atomic E-state index is -4.35. The van der Waals surface area contributed by atoms with E-state index in [1.807, 2.05) is 13.0 Å². The van der Waals surface area contributed by atoms with Gasteiger partial charge in [-0.3, -0.25) is 0 Å². The maximum Gasteiger partial charge on any atom is 0.416 e. The third-order valence-electron chi connectivity index (χ3n) is 3.64. The van der Waals surface area contributed by atoms with Gasteiger partial charge in [-0.15, -0.1) is 0 Å². The van der Waals surface area contributed by atoms with Crippen LogP contribution in [-0.4, -0.2) is 13.1 Å². The van der Waals surface area contributed by atoms with Crippen molar-refractivity contribution >= 4 is 16.5 Å². The van der Waals surface area contributed by atoms with E-state index in [0.717, 1.165) is 18.2 Å². The molecule has 0 aliphatic carbocycles. The third-order valence-corrected chi connectivity index (χ3v) is 3.64. The van der Waals surface area contributed by atoms with Crippen molar-refractivity contribution in [2.24, 2.45) is 5.92 Å². The van der Waals surface area contributed by atoms with Crippen LogP contribution in [0, 0.1) is 5.92 Å². The molecule has 0 saturated carbocycles. The average Bonchev–Trinajstić information content (AvgIpc) is 2.85. The maximum atomic E-state index is 13.0. The first-order valence-electron chi connectivity index (χ1n) is 6.46. The summed E-state index contributed by atoms with van der Waals surface area (Å²) < 4.78 is 44.4. The lowest BCUT2D eigenvalue weighted by atomic mass is 9.89. The molecule has 3 rings (SSSR count). The molecular formula is C15H14F3NO. The number of hydrogen-bond donors (Lipinski definition) is 1. The van der Waals surface area contributed by atoms with Crippen molar-refractivity contribution < 1.29 is 17.6 Å².